The van der Waals surface area contributed by atoms with Gasteiger partial charge in [0, 0.05) is 12.7 Å². The zero-order valence-electron chi connectivity index (χ0n) is 10.9. The number of carbonyl (C=O) groups is 2. The standard InChI is InChI=1S/C11H7ClF6N2O3/c12-6-3-5(10(13,14)15)4-19-8(6)20(2-1-7(21)22)9(23)11(16,17)18/h3-4H,1-2H2,(H,21,22). The van der Waals surface area contributed by atoms with Crippen LogP contribution in [0.1, 0.15) is 12.0 Å². The highest BCUT2D eigenvalue weighted by Crippen LogP contribution is 2.34. The molecule has 0 aliphatic rings. The molecule has 23 heavy (non-hydrogen) atoms. The second-order valence-electron chi connectivity index (χ2n) is 4.13. The van der Waals surface area contributed by atoms with Crippen LogP contribution >= 0.6 is 11.6 Å². The maximum atomic E-state index is 12.5. The zero-order chi connectivity index (χ0) is 18.0. The van der Waals surface area contributed by atoms with Crippen LogP contribution in [0.2, 0.25) is 5.02 Å². The Bertz CT molecular complexity index is 617. The summed E-state index contributed by atoms with van der Waals surface area (Å²) in [7, 11) is 0. The fourth-order valence-electron chi connectivity index (χ4n) is 1.45. The van der Waals surface area contributed by atoms with E-state index in [9.17, 15) is 35.9 Å². The first-order valence-electron chi connectivity index (χ1n) is 5.67. The van der Waals surface area contributed by atoms with Crippen molar-refractivity contribution >= 4 is 29.3 Å². The van der Waals surface area contributed by atoms with Gasteiger partial charge in [0.1, 0.15) is 0 Å². The molecule has 1 amide bonds. The first kappa shape index (κ1) is 19.0. The number of pyridine rings is 1. The highest BCUT2D eigenvalue weighted by molar-refractivity contribution is 6.33. The Morgan fingerprint density at radius 1 is 1.22 bits per heavy atom. The molecule has 0 spiro atoms. The molecule has 12 heteroatoms. The maximum Gasteiger partial charge on any atom is 0.471 e. The van der Waals surface area contributed by atoms with E-state index in [-0.39, 0.29) is 11.1 Å². The third-order valence-electron chi connectivity index (χ3n) is 2.44. The summed E-state index contributed by atoms with van der Waals surface area (Å²) in [6.45, 7) is -0.967. The molecule has 0 aliphatic carbocycles. The summed E-state index contributed by atoms with van der Waals surface area (Å²) in [5.74, 6) is -4.93. The first-order valence-corrected chi connectivity index (χ1v) is 6.05. The van der Waals surface area contributed by atoms with E-state index in [1.807, 2.05) is 0 Å². The lowest BCUT2D eigenvalue weighted by molar-refractivity contribution is -0.170. The first-order chi connectivity index (χ1) is 10.3. The molecule has 1 N–H and O–H groups in total. The van der Waals surface area contributed by atoms with E-state index in [1.165, 1.54) is 0 Å². The number of carbonyl (C=O) groups excluding carboxylic acids is 1. The molecule has 1 aromatic rings. The molecular formula is C11H7ClF6N2O3. The number of hydrogen-bond acceptors (Lipinski definition) is 3. The fraction of sp³-hybridized carbons (Fsp3) is 0.364. The monoisotopic (exact) mass is 364 g/mol. The van der Waals surface area contributed by atoms with Crippen LogP contribution in [0.15, 0.2) is 12.3 Å². The lowest BCUT2D eigenvalue weighted by Gasteiger charge is -2.23. The molecule has 0 fully saturated rings. The van der Waals surface area contributed by atoms with Crippen LogP contribution < -0.4 is 4.90 Å². The van der Waals surface area contributed by atoms with Crippen molar-refractivity contribution in [3.05, 3.63) is 22.8 Å². The topological polar surface area (TPSA) is 70.5 Å². The van der Waals surface area contributed by atoms with Crippen molar-refractivity contribution in [3.8, 4) is 0 Å². The number of rotatable bonds is 4. The molecule has 0 radical (unpaired) electrons. The number of anilines is 1. The average Bonchev–Trinajstić information content (AvgIpc) is 2.37. The summed E-state index contributed by atoms with van der Waals surface area (Å²) in [5, 5.41) is 7.62. The van der Waals surface area contributed by atoms with Crippen molar-refractivity contribution in [2.75, 3.05) is 11.4 Å². The minimum Gasteiger partial charge on any atom is -0.481 e. The highest BCUT2D eigenvalue weighted by atomic mass is 35.5. The van der Waals surface area contributed by atoms with Gasteiger partial charge in [-0.1, -0.05) is 11.6 Å². The molecule has 0 saturated carbocycles. The van der Waals surface area contributed by atoms with Crippen LogP contribution in [-0.4, -0.2) is 34.7 Å². The normalized spacial score (nSPS) is 12.1. The number of aliphatic carboxylic acids is 1. The van der Waals surface area contributed by atoms with Crippen molar-refractivity contribution in [2.24, 2.45) is 0 Å². The van der Waals surface area contributed by atoms with E-state index in [0.717, 1.165) is 0 Å². The predicted octanol–water partition coefficient (Wildman–Crippen LogP) is 3.12. The Morgan fingerprint density at radius 3 is 2.17 bits per heavy atom. The van der Waals surface area contributed by atoms with Crippen molar-refractivity contribution in [1.29, 1.82) is 0 Å². The van der Waals surface area contributed by atoms with Gasteiger partial charge >= 0.3 is 24.2 Å². The molecule has 0 aliphatic heterocycles. The molecule has 1 aromatic heterocycles. The summed E-state index contributed by atoms with van der Waals surface area (Å²) in [5.41, 5.74) is -1.33. The van der Waals surface area contributed by atoms with E-state index in [2.05, 4.69) is 4.98 Å². The lowest BCUT2D eigenvalue weighted by Crippen LogP contribution is -2.43. The number of carboxylic acid groups (broad SMARTS) is 1. The quantitative estimate of drug-likeness (QED) is 0.833. The minimum atomic E-state index is -5.38. The predicted molar refractivity (Wildman–Crippen MR) is 64.9 cm³/mol. The van der Waals surface area contributed by atoms with Gasteiger partial charge in [-0.05, 0) is 6.07 Å². The molecule has 5 nitrogen and oxygen atoms in total. The van der Waals surface area contributed by atoms with Gasteiger partial charge in [-0.2, -0.15) is 26.3 Å². The van der Waals surface area contributed by atoms with Crippen LogP contribution in [0.25, 0.3) is 0 Å². The van der Waals surface area contributed by atoms with Gasteiger partial charge in [-0.15, -0.1) is 0 Å². The van der Waals surface area contributed by atoms with Crippen molar-refractivity contribution in [1.82, 2.24) is 4.98 Å². The molecule has 0 unspecified atom stereocenters. The Kier molecular flexibility index (Phi) is 5.46. The van der Waals surface area contributed by atoms with Crippen LogP contribution in [0.3, 0.4) is 0 Å². The van der Waals surface area contributed by atoms with Gasteiger partial charge in [0.15, 0.2) is 5.82 Å². The van der Waals surface area contributed by atoms with E-state index in [4.69, 9.17) is 16.7 Å². The minimum absolute atomic E-state index is 0.128. The van der Waals surface area contributed by atoms with Crippen molar-refractivity contribution in [2.45, 2.75) is 18.8 Å². The van der Waals surface area contributed by atoms with Gasteiger partial charge < -0.3 is 5.11 Å². The summed E-state index contributed by atoms with van der Waals surface area (Å²) < 4.78 is 75.0. The SMILES string of the molecule is O=C(O)CCN(C(=O)C(F)(F)F)c1ncc(C(F)(F)F)cc1Cl. The molecule has 0 aromatic carbocycles. The third-order valence-corrected chi connectivity index (χ3v) is 2.72. The fourth-order valence-corrected chi connectivity index (χ4v) is 1.72. The number of carboxylic acids is 1. The second-order valence-corrected chi connectivity index (χ2v) is 4.53. The summed E-state index contributed by atoms with van der Waals surface area (Å²) in [6.07, 6.45) is -10.9. The molecule has 128 valence electrons. The smallest absolute Gasteiger partial charge is 0.471 e. The Balaban J connectivity index is 3.26. The highest BCUT2D eigenvalue weighted by Gasteiger charge is 2.44. The Morgan fingerprint density at radius 2 is 1.78 bits per heavy atom. The lowest BCUT2D eigenvalue weighted by atomic mass is 10.2. The number of amides is 1. The van der Waals surface area contributed by atoms with E-state index in [0.29, 0.717) is 6.07 Å². The number of halogens is 7. The Hall–Kier alpha value is -2.04. The second kappa shape index (κ2) is 6.60. The van der Waals surface area contributed by atoms with Gasteiger partial charge in [0.05, 0.1) is 17.0 Å². The van der Waals surface area contributed by atoms with Gasteiger partial charge in [0.25, 0.3) is 0 Å². The van der Waals surface area contributed by atoms with Crippen molar-refractivity contribution < 1.29 is 41.0 Å². The van der Waals surface area contributed by atoms with Crippen molar-refractivity contribution in [3.63, 3.8) is 0 Å². The van der Waals surface area contributed by atoms with Crippen LogP contribution in [0.4, 0.5) is 32.2 Å². The summed E-state index contributed by atoms with van der Waals surface area (Å²) in [4.78, 5) is 24.7. The molecule has 0 saturated heterocycles. The maximum absolute atomic E-state index is 12.5. The van der Waals surface area contributed by atoms with Gasteiger partial charge in [-0.25, -0.2) is 4.98 Å². The van der Waals surface area contributed by atoms with E-state index in [1.54, 1.807) is 0 Å². The Labute approximate surface area is 129 Å². The largest absolute Gasteiger partial charge is 0.481 e. The molecule has 0 atom stereocenters. The number of hydrogen-bond donors (Lipinski definition) is 1. The van der Waals surface area contributed by atoms with Crippen LogP contribution in [-0.2, 0) is 15.8 Å². The summed E-state index contributed by atoms with van der Waals surface area (Å²) >= 11 is 5.47. The third kappa shape index (κ3) is 4.98. The molecule has 1 rings (SSSR count). The molecule has 0 bridgehead atoms. The van der Waals surface area contributed by atoms with E-state index >= 15 is 0 Å². The van der Waals surface area contributed by atoms with Gasteiger partial charge in [0.2, 0.25) is 0 Å². The van der Waals surface area contributed by atoms with E-state index < -0.39 is 53.6 Å². The molecular weight excluding hydrogens is 358 g/mol. The van der Waals surface area contributed by atoms with Crippen LogP contribution in [0, 0.1) is 0 Å². The van der Waals surface area contributed by atoms with Gasteiger partial charge in [-0.3, -0.25) is 14.5 Å². The zero-order valence-corrected chi connectivity index (χ0v) is 11.6. The number of aromatic nitrogens is 1. The summed E-state index contributed by atoms with van der Waals surface area (Å²) in [6, 6.07) is 0.293. The molecule has 1 heterocycles. The number of nitrogens with zero attached hydrogens (tertiary/aromatic N) is 2. The average molecular weight is 365 g/mol. The number of alkyl halides is 6. The van der Waals surface area contributed by atoms with Crippen LogP contribution in [0.5, 0.6) is 0 Å².